The normalized spacial score (nSPS) is 13.9. The van der Waals surface area contributed by atoms with Crippen molar-refractivity contribution < 1.29 is 27.8 Å². The van der Waals surface area contributed by atoms with Crippen LogP contribution in [0.2, 0.25) is 0 Å². The predicted octanol–water partition coefficient (Wildman–Crippen LogP) is 3.00. The van der Waals surface area contributed by atoms with E-state index in [4.69, 9.17) is 10.8 Å². The van der Waals surface area contributed by atoms with E-state index in [9.17, 15) is 18.4 Å². The van der Waals surface area contributed by atoms with Crippen LogP contribution in [0.15, 0.2) is 27.6 Å². The van der Waals surface area contributed by atoms with Crippen LogP contribution in [0.1, 0.15) is 6.92 Å². The maximum Gasteiger partial charge on any atom is 0.511 e. The Morgan fingerprint density at radius 1 is 1.30 bits per heavy atom. The fourth-order valence-electron chi connectivity index (χ4n) is 3.72. The van der Waals surface area contributed by atoms with Crippen LogP contribution in [-0.2, 0) is 0 Å². The Balaban J connectivity index is 2.01. The van der Waals surface area contributed by atoms with E-state index in [0.29, 0.717) is 19.2 Å². The monoisotopic (exact) mass is 527 g/mol. The van der Waals surface area contributed by atoms with Gasteiger partial charge in [-0.25, -0.2) is 22.9 Å². The number of nitrogens with one attached hydrogen (secondary N) is 1. The lowest BCUT2D eigenvalue weighted by Gasteiger charge is -2.42. The zero-order valence-corrected chi connectivity index (χ0v) is 18.6. The van der Waals surface area contributed by atoms with Crippen molar-refractivity contribution in [1.82, 2.24) is 14.9 Å². The molecule has 1 aliphatic heterocycles. The number of likely N-dealkylation sites (N-methyl/N-ethyl adjacent to an activating group) is 1. The van der Waals surface area contributed by atoms with E-state index in [0.717, 1.165) is 23.4 Å². The molecule has 0 amide bonds. The highest BCUT2D eigenvalue weighted by molar-refractivity contribution is 9.10. The van der Waals surface area contributed by atoms with Crippen molar-refractivity contribution >= 4 is 44.5 Å². The average Bonchev–Trinajstić information content (AvgIpc) is 2.70. The average molecular weight is 528 g/mol. The lowest BCUT2D eigenvalue weighted by atomic mass is 10.1. The fraction of sp³-hybridized carbons (Fsp3) is 0.250. The van der Waals surface area contributed by atoms with E-state index < -0.39 is 46.4 Å². The van der Waals surface area contributed by atoms with Gasteiger partial charge in [0.15, 0.2) is 29.0 Å². The molecule has 0 spiro atoms. The van der Waals surface area contributed by atoms with Gasteiger partial charge in [0.25, 0.3) is 0 Å². The lowest BCUT2D eigenvalue weighted by Crippen LogP contribution is -2.58. The zero-order valence-electron chi connectivity index (χ0n) is 17.0. The summed E-state index contributed by atoms with van der Waals surface area (Å²) in [6, 6.07) is 1.55. The van der Waals surface area contributed by atoms with E-state index in [1.165, 1.54) is 0 Å². The number of nitrogens with zero attached hydrogens (tertiary/aromatic N) is 3. The summed E-state index contributed by atoms with van der Waals surface area (Å²) < 4.78 is 49.1. The second kappa shape index (κ2) is 8.56. The smallest absolute Gasteiger partial charge is 0.449 e. The molecule has 3 aromatic rings. The van der Waals surface area contributed by atoms with Gasteiger partial charge in [-0.3, -0.25) is 9.36 Å². The summed E-state index contributed by atoms with van der Waals surface area (Å²) in [5, 5.41) is 11.9. The van der Waals surface area contributed by atoms with E-state index >= 15 is 4.39 Å². The molecule has 1 aromatic carbocycles. The minimum atomic E-state index is -1.81. The molecule has 0 bridgehead atoms. The van der Waals surface area contributed by atoms with Crippen LogP contribution < -0.4 is 26.1 Å². The Kier molecular flexibility index (Phi) is 5.93. The lowest BCUT2D eigenvalue weighted by molar-refractivity contribution is 0.144. The van der Waals surface area contributed by atoms with Gasteiger partial charge in [-0.1, -0.05) is 6.92 Å². The molecule has 1 saturated heterocycles. The standard InChI is InChI=1S/C20H17BrF3N5O4/c1-2-26-8-5-28(6-8)16-10(22)3-9-15(14(16)21)29(7-13(17(9)30)33-20(31)32)19-12(24)4-11(23)18(25)27-19/h3-4,7-8,26H,2,5-6H2,1H3,(H2,25,27)(H,31,32). The van der Waals surface area contributed by atoms with Gasteiger partial charge in [-0.2, -0.15) is 0 Å². The number of hydrogen-bond donors (Lipinski definition) is 3. The van der Waals surface area contributed by atoms with Gasteiger partial charge in [-0.05, 0) is 28.5 Å². The third-order valence-electron chi connectivity index (χ3n) is 5.18. The first-order valence-corrected chi connectivity index (χ1v) is 10.5. The third-order valence-corrected chi connectivity index (χ3v) is 5.93. The summed E-state index contributed by atoms with van der Waals surface area (Å²) in [6.07, 6.45) is -0.929. The quantitative estimate of drug-likeness (QED) is 0.433. The van der Waals surface area contributed by atoms with Gasteiger partial charge < -0.3 is 25.8 Å². The highest BCUT2D eigenvalue weighted by atomic mass is 79.9. The summed E-state index contributed by atoms with van der Waals surface area (Å²) in [4.78, 5) is 29.3. The molecule has 3 heterocycles. The number of fused-ring (bicyclic) bond motifs is 1. The van der Waals surface area contributed by atoms with Crippen molar-refractivity contribution in [1.29, 1.82) is 0 Å². The first-order chi connectivity index (χ1) is 15.6. The van der Waals surface area contributed by atoms with Gasteiger partial charge in [0, 0.05) is 25.2 Å². The van der Waals surface area contributed by atoms with Gasteiger partial charge in [0.2, 0.25) is 5.43 Å². The van der Waals surface area contributed by atoms with Crippen LogP contribution in [0.25, 0.3) is 16.7 Å². The van der Waals surface area contributed by atoms with Crippen molar-refractivity contribution in [3.63, 3.8) is 0 Å². The maximum atomic E-state index is 15.1. The third kappa shape index (κ3) is 3.97. The van der Waals surface area contributed by atoms with Crippen LogP contribution in [-0.4, -0.2) is 46.5 Å². The highest BCUT2D eigenvalue weighted by Gasteiger charge is 2.32. The number of pyridine rings is 2. The number of nitrogen functional groups attached to an aromatic ring is 1. The molecule has 13 heteroatoms. The second-order valence-corrected chi connectivity index (χ2v) is 8.09. The Morgan fingerprint density at radius 3 is 2.64 bits per heavy atom. The molecule has 9 nitrogen and oxygen atoms in total. The summed E-state index contributed by atoms with van der Waals surface area (Å²) >= 11 is 3.31. The van der Waals surface area contributed by atoms with Gasteiger partial charge in [-0.15, -0.1) is 0 Å². The molecular formula is C20H17BrF3N5O4. The fourth-order valence-corrected chi connectivity index (χ4v) is 4.57. The number of halogens is 4. The molecular weight excluding hydrogens is 511 g/mol. The van der Waals surface area contributed by atoms with Crippen LogP contribution in [0.5, 0.6) is 5.75 Å². The van der Waals surface area contributed by atoms with Crippen molar-refractivity contribution in [3.8, 4) is 11.6 Å². The van der Waals surface area contributed by atoms with Crippen molar-refractivity contribution in [3.05, 3.63) is 50.5 Å². The molecule has 0 saturated carbocycles. The first-order valence-electron chi connectivity index (χ1n) is 9.70. The van der Waals surface area contributed by atoms with E-state index in [1.54, 1.807) is 4.90 Å². The molecule has 0 aliphatic carbocycles. The first kappa shape index (κ1) is 22.9. The minimum Gasteiger partial charge on any atom is -0.449 e. The van der Waals surface area contributed by atoms with Crippen LogP contribution >= 0.6 is 15.9 Å². The predicted molar refractivity (Wildman–Crippen MR) is 118 cm³/mol. The van der Waals surface area contributed by atoms with Crippen molar-refractivity contribution in [2.75, 3.05) is 30.3 Å². The summed E-state index contributed by atoms with van der Waals surface area (Å²) in [6.45, 7) is 3.65. The number of anilines is 2. The molecule has 4 N–H and O–H groups in total. The van der Waals surface area contributed by atoms with Gasteiger partial charge >= 0.3 is 6.16 Å². The minimum absolute atomic E-state index is 0.0292. The molecule has 0 atom stereocenters. The SMILES string of the molecule is CCNC1CN(c2c(F)cc3c(=O)c(OC(=O)O)cn(-c4nc(N)c(F)cc4F)c3c2Br)C1. The van der Waals surface area contributed by atoms with E-state index in [-0.39, 0.29) is 27.1 Å². The molecule has 0 radical (unpaired) electrons. The Labute approximate surface area is 192 Å². The summed E-state index contributed by atoms with van der Waals surface area (Å²) in [7, 11) is 0. The molecule has 4 rings (SSSR count). The van der Waals surface area contributed by atoms with Crippen LogP contribution in [0.3, 0.4) is 0 Å². The number of nitrogens with two attached hydrogens (primary N) is 1. The Bertz CT molecular complexity index is 1340. The van der Waals surface area contributed by atoms with Crippen LogP contribution in [0.4, 0.5) is 29.5 Å². The highest BCUT2D eigenvalue weighted by Crippen LogP contribution is 2.39. The number of benzene rings is 1. The molecule has 1 aliphatic rings. The molecule has 0 unspecified atom stereocenters. The summed E-state index contributed by atoms with van der Waals surface area (Å²) in [5.74, 6) is -4.91. The zero-order chi connectivity index (χ0) is 24.0. The number of carboxylic acid groups (broad SMARTS) is 1. The second-order valence-electron chi connectivity index (χ2n) is 7.30. The topological polar surface area (TPSA) is 123 Å². The van der Waals surface area contributed by atoms with Crippen LogP contribution in [0, 0.1) is 17.5 Å². The number of carbonyl (C=O) groups is 1. The molecule has 1 fully saturated rings. The van der Waals surface area contributed by atoms with Crippen molar-refractivity contribution in [2.24, 2.45) is 0 Å². The van der Waals surface area contributed by atoms with Crippen molar-refractivity contribution in [2.45, 2.75) is 13.0 Å². The van der Waals surface area contributed by atoms with Gasteiger partial charge in [0.05, 0.1) is 27.3 Å². The number of hydrogen-bond acceptors (Lipinski definition) is 7. The van der Waals surface area contributed by atoms with E-state index in [2.05, 4.69) is 31.0 Å². The Morgan fingerprint density at radius 2 is 2.00 bits per heavy atom. The largest absolute Gasteiger partial charge is 0.511 e. The molecule has 33 heavy (non-hydrogen) atoms. The molecule has 174 valence electrons. The number of rotatable bonds is 5. The maximum absolute atomic E-state index is 15.1. The summed E-state index contributed by atoms with van der Waals surface area (Å²) in [5.41, 5.74) is 4.64. The molecule has 2 aromatic heterocycles. The number of aromatic nitrogens is 2. The Hall–Kier alpha value is -3.32. The van der Waals surface area contributed by atoms with Gasteiger partial charge in [0.1, 0.15) is 5.82 Å². The van der Waals surface area contributed by atoms with E-state index in [1.807, 2.05) is 6.92 Å². The number of ether oxygens (including phenoxy) is 1.